The number of nitrogens with one attached hydrogen (secondary N) is 1. The average Bonchev–Trinajstić information content (AvgIpc) is 2.30. The van der Waals surface area contributed by atoms with Gasteiger partial charge in [-0.1, -0.05) is 0 Å². The van der Waals surface area contributed by atoms with Gasteiger partial charge in [0.2, 0.25) is 0 Å². The van der Waals surface area contributed by atoms with E-state index in [1.807, 2.05) is 0 Å². The van der Waals surface area contributed by atoms with Crippen LogP contribution in [-0.2, 0) is 6.54 Å². The van der Waals surface area contributed by atoms with Crippen molar-refractivity contribution in [3.05, 3.63) is 23.5 Å². The number of piperazine rings is 1. The Labute approximate surface area is 100.0 Å². The van der Waals surface area contributed by atoms with Gasteiger partial charge in [0.25, 0.3) is 0 Å². The number of aromatic hydroxyl groups is 1. The van der Waals surface area contributed by atoms with E-state index in [1.54, 1.807) is 6.07 Å². The van der Waals surface area contributed by atoms with Crippen LogP contribution in [0.2, 0.25) is 0 Å². The van der Waals surface area contributed by atoms with Crippen molar-refractivity contribution < 1.29 is 14.2 Å². The van der Waals surface area contributed by atoms with Crippen LogP contribution in [0.1, 0.15) is 5.56 Å². The van der Waals surface area contributed by atoms with E-state index in [-0.39, 0.29) is 11.5 Å². The monoisotopic (exact) mass is 240 g/mol. The maximum absolute atomic E-state index is 13.5. The van der Waals surface area contributed by atoms with E-state index in [9.17, 15) is 9.50 Å². The first kappa shape index (κ1) is 12.1. The van der Waals surface area contributed by atoms with Crippen molar-refractivity contribution in [3.8, 4) is 11.5 Å². The molecular formula is C12H17FN2O2. The second kappa shape index (κ2) is 5.33. The highest BCUT2D eigenvalue weighted by Gasteiger charge is 2.14. The lowest BCUT2D eigenvalue weighted by atomic mass is 10.1. The summed E-state index contributed by atoms with van der Waals surface area (Å²) in [5.41, 5.74) is 0.766. The largest absolute Gasteiger partial charge is 0.504 e. The summed E-state index contributed by atoms with van der Waals surface area (Å²) < 4.78 is 18.3. The molecule has 0 amide bonds. The van der Waals surface area contributed by atoms with Gasteiger partial charge in [-0.05, 0) is 17.7 Å². The third kappa shape index (κ3) is 2.87. The van der Waals surface area contributed by atoms with Crippen LogP contribution in [-0.4, -0.2) is 43.3 Å². The first-order valence-corrected chi connectivity index (χ1v) is 5.69. The quantitative estimate of drug-likeness (QED) is 0.825. The summed E-state index contributed by atoms with van der Waals surface area (Å²) in [4.78, 5) is 2.22. The Kier molecular flexibility index (Phi) is 3.81. The lowest BCUT2D eigenvalue weighted by molar-refractivity contribution is 0.232. The van der Waals surface area contributed by atoms with Crippen LogP contribution in [0.4, 0.5) is 4.39 Å². The molecule has 94 valence electrons. The number of hydrogen-bond donors (Lipinski definition) is 2. The number of hydrogen-bond acceptors (Lipinski definition) is 4. The Bertz CT molecular complexity index is 369. The number of phenols is 1. The van der Waals surface area contributed by atoms with E-state index < -0.39 is 5.82 Å². The van der Waals surface area contributed by atoms with Crippen LogP contribution in [0.3, 0.4) is 0 Å². The van der Waals surface area contributed by atoms with E-state index in [0.717, 1.165) is 31.7 Å². The standard InChI is InChI=1S/C12H17FN2O2/c1-17-12-10(13)6-9(7-11(12)16)8-15-4-2-14-3-5-15/h6-7,14,16H,2-5,8H2,1H3. The van der Waals surface area contributed by atoms with E-state index in [4.69, 9.17) is 4.74 Å². The topological polar surface area (TPSA) is 44.7 Å². The fraction of sp³-hybridized carbons (Fsp3) is 0.500. The molecule has 17 heavy (non-hydrogen) atoms. The molecule has 1 heterocycles. The van der Waals surface area contributed by atoms with Crippen molar-refractivity contribution in [1.82, 2.24) is 10.2 Å². The lowest BCUT2D eigenvalue weighted by Crippen LogP contribution is -2.42. The minimum Gasteiger partial charge on any atom is -0.504 e. The first-order chi connectivity index (χ1) is 8.20. The van der Waals surface area contributed by atoms with Gasteiger partial charge in [0.05, 0.1) is 7.11 Å². The highest BCUT2D eigenvalue weighted by Crippen LogP contribution is 2.30. The molecule has 1 aliphatic heterocycles. The molecule has 2 N–H and O–H groups in total. The fourth-order valence-corrected chi connectivity index (χ4v) is 2.05. The maximum atomic E-state index is 13.5. The van der Waals surface area contributed by atoms with Gasteiger partial charge in [-0.2, -0.15) is 0 Å². The van der Waals surface area contributed by atoms with Crippen LogP contribution in [0.25, 0.3) is 0 Å². The Morgan fingerprint density at radius 2 is 2.12 bits per heavy atom. The molecule has 0 unspecified atom stereocenters. The van der Waals surface area contributed by atoms with Gasteiger partial charge in [-0.3, -0.25) is 4.90 Å². The molecule has 1 aliphatic rings. The van der Waals surface area contributed by atoms with Crippen molar-refractivity contribution in [2.75, 3.05) is 33.3 Å². The molecular weight excluding hydrogens is 223 g/mol. The molecule has 0 bridgehead atoms. The first-order valence-electron chi connectivity index (χ1n) is 5.69. The summed E-state index contributed by atoms with van der Waals surface area (Å²) in [6.07, 6.45) is 0. The lowest BCUT2D eigenvalue weighted by Gasteiger charge is -2.27. The van der Waals surface area contributed by atoms with Crippen molar-refractivity contribution >= 4 is 0 Å². The Morgan fingerprint density at radius 1 is 1.41 bits per heavy atom. The molecule has 0 saturated carbocycles. The Morgan fingerprint density at radius 3 is 2.71 bits per heavy atom. The molecule has 1 aromatic carbocycles. The third-order valence-electron chi connectivity index (χ3n) is 2.90. The SMILES string of the molecule is COc1c(O)cc(CN2CCNCC2)cc1F. The fourth-order valence-electron chi connectivity index (χ4n) is 2.05. The van der Waals surface area contributed by atoms with Crippen molar-refractivity contribution in [2.45, 2.75) is 6.54 Å². The summed E-state index contributed by atoms with van der Waals surface area (Å²) >= 11 is 0. The zero-order chi connectivity index (χ0) is 12.3. The molecule has 1 fully saturated rings. The van der Waals surface area contributed by atoms with Gasteiger partial charge >= 0.3 is 0 Å². The van der Waals surface area contributed by atoms with Crippen LogP contribution < -0.4 is 10.1 Å². The molecule has 0 aromatic heterocycles. The van der Waals surface area contributed by atoms with Gasteiger partial charge in [0.15, 0.2) is 17.3 Å². The number of rotatable bonds is 3. The van der Waals surface area contributed by atoms with Crippen molar-refractivity contribution in [1.29, 1.82) is 0 Å². The van der Waals surface area contributed by atoms with Crippen LogP contribution in [0, 0.1) is 5.82 Å². The van der Waals surface area contributed by atoms with Crippen LogP contribution in [0.15, 0.2) is 12.1 Å². The molecule has 0 aliphatic carbocycles. The highest BCUT2D eigenvalue weighted by molar-refractivity contribution is 5.43. The van der Waals surface area contributed by atoms with Gasteiger partial charge < -0.3 is 15.2 Å². The minimum absolute atomic E-state index is 0.0888. The highest BCUT2D eigenvalue weighted by atomic mass is 19.1. The summed E-state index contributed by atoms with van der Waals surface area (Å²) in [6, 6.07) is 2.98. The number of benzene rings is 1. The zero-order valence-corrected chi connectivity index (χ0v) is 9.87. The number of ether oxygens (including phenoxy) is 1. The van der Waals surface area contributed by atoms with Gasteiger partial charge in [-0.25, -0.2) is 4.39 Å². The molecule has 0 atom stereocenters. The maximum Gasteiger partial charge on any atom is 0.196 e. The van der Waals surface area contributed by atoms with E-state index >= 15 is 0 Å². The number of halogens is 1. The van der Waals surface area contributed by atoms with Gasteiger partial charge in [0, 0.05) is 32.7 Å². The predicted octanol–water partition coefficient (Wildman–Crippen LogP) is 0.945. The molecule has 2 rings (SSSR count). The number of methoxy groups -OCH3 is 1. The van der Waals surface area contributed by atoms with Gasteiger partial charge in [-0.15, -0.1) is 0 Å². The summed E-state index contributed by atoms with van der Waals surface area (Å²) in [6.45, 7) is 4.42. The molecule has 0 spiro atoms. The molecule has 4 nitrogen and oxygen atoms in total. The molecule has 1 aromatic rings. The summed E-state index contributed by atoms with van der Waals surface area (Å²) in [5.74, 6) is -0.746. The second-order valence-electron chi connectivity index (χ2n) is 4.16. The van der Waals surface area contributed by atoms with Crippen LogP contribution in [0.5, 0.6) is 11.5 Å². The smallest absolute Gasteiger partial charge is 0.196 e. The third-order valence-corrected chi connectivity index (χ3v) is 2.90. The zero-order valence-electron chi connectivity index (χ0n) is 9.87. The normalized spacial score (nSPS) is 17.1. The minimum atomic E-state index is -0.516. The van der Waals surface area contributed by atoms with Gasteiger partial charge in [0.1, 0.15) is 0 Å². The van der Waals surface area contributed by atoms with E-state index in [2.05, 4.69) is 10.2 Å². The predicted molar refractivity (Wildman–Crippen MR) is 62.8 cm³/mol. The summed E-state index contributed by atoms with van der Waals surface area (Å²) in [5, 5.41) is 12.9. The summed E-state index contributed by atoms with van der Waals surface area (Å²) in [7, 11) is 1.34. The Balaban J connectivity index is 2.10. The molecule has 0 radical (unpaired) electrons. The molecule has 5 heteroatoms. The Hall–Kier alpha value is -1.33. The number of phenolic OH excluding ortho intramolecular Hbond substituents is 1. The van der Waals surface area contributed by atoms with E-state index in [1.165, 1.54) is 13.2 Å². The number of nitrogens with zero attached hydrogens (tertiary/aromatic N) is 1. The van der Waals surface area contributed by atoms with Crippen molar-refractivity contribution in [3.63, 3.8) is 0 Å². The van der Waals surface area contributed by atoms with E-state index in [0.29, 0.717) is 6.54 Å². The molecule has 1 saturated heterocycles. The van der Waals surface area contributed by atoms with Crippen LogP contribution >= 0.6 is 0 Å². The van der Waals surface area contributed by atoms with Crippen molar-refractivity contribution in [2.24, 2.45) is 0 Å². The average molecular weight is 240 g/mol. The second-order valence-corrected chi connectivity index (χ2v) is 4.16.